The van der Waals surface area contributed by atoms with Gasteiger partial charge in [0.25, 0.3) is 5.56 Å². The molecule has 0 aliphatic heterocycles. The van der Waals surface area contributed by atoms with Crippen molar-refractivity contribution < 1.29 is 0 Å². The van der Waals surface area contributed by atoms with E-state index in [0.717, 1.165) is 15.8 Å². The van der Waals surface area contributed by atoms with Crippen LogP contribution in [0.3, 0.4) is 0 Å². The van der Waals surface area contributed by atoms with E-state index in [2.05, 4.69) is 5.32 Å². The van der Waals surface area contributed by atoms with Gasteiger partial charge in [-0.05, 0) is 24.6 Å². The van der Waals surface area contributed by atoms with Crippen LogP contribution in [0, 0.1) is 6.92 Å². The molecule has 0 saturated carbocycles. The second-order valence-electron chi connectivity index (χ2n) is 4.69. The van der Waals surface area contributed by atoms with Crippen LogP contribution >= 0.6 is 11.6 Å². The molecule has 2 rings (SSSR count). The van der Waals surface area contributed by atoms with Gasteiger partial charge in [-0.2, -0.15) is 0 Å². The first kappa shape index (κ1) is 14.4. The van der Waals surface area contributed by atoms with Gasteiger partial charge >= 0.3 is 5.69 Å². The van der Waals surface area contributed by atoms with Gasteiger partial charge in [-0.25, -0.2) is 4.79 Å². The first-order valence-corrected chi connectivity index (χ1v) is 6.54. The van der Waals surface area contributed by atoms with Gasteiger partial charge in [0.1, 0.15) is 0 Å². The Bertz CT molecular complexity index is 762. The van der Waals surface area contributed by atoms with E-state index in [1.54, 1.807) is 7.05 Å². The van der Waals surface area contributed by atoms with Crippen LogP contribution in [0.2, 0.25) is 5.02 Å². The van der Waals surface area contributed by atoms with Crippen molar-refractivity contribution in [3.63, 3.8) is 0 Å². The van der Waals surface area contributed by atoms with Gasteiger partial charge in [-0.1, -0.05) is 17.7 Å². The Morgan fingerprint density at radius 1 is 1.15 bits per heavy atom. The van der Waals surface area contributed by atoms with Crippen LogP contribution < -0.4 is 16.6 Å². The molecule has 106 valence electrons. The third kappa shape index (κ3) is 2.77. The number of anilines is 1. The van der Waals surface area contributed by atoms with E-state index >= 15 is 0 Å². The summed E-state index contributed by atoms with van der Waals surface area (Å²) >= 11 is 6.05. The molecule has 0 radical (unpaired) electrons. The maximum absolute atomic E-state index is 11.8. The van der Waals surface area contributed by atoms with Crippen molar-refractivity contribution in [1.82, 2.24) is 9.13 Å². The summed E-state index contributed by atoms with van der Waals surface area (Å²) in [5.74, 6) is 0. The third-order valence-corrected chi connectivity index (χ3v) is 3.68. The molecular formula is C14H16ClN3O2. The molecule has 1 heterocycles. The molecule has 0 saturated heterocycles. The monoisotopic (exact) mass is 293 g/mol. The predicted molar refractivity (Wildman–Crippen MR) is 80.4 cm³/mol. The molecule has 5 nitrogen and oxygen atoms in total. The minimum absolute atomic E-state index is 0.313. The molecule has 6 heteroatoms. The second-order valence-corrected chi connectivity index (χ2v) is 5.10. The summed E-state index contributed by atoms with van der Waals surface area (Å²) < 4.78 is 2.52. The lowest BCUT2D eigenvalue weighted by molar-refractivity contribution is 0.655. The van der Waals surface area contributed by atoms with E-state index in [1.807, 2.05) is 25.1 Å². The topological polar surface area (TPSA) is 56.0 Å². The molecular weight excluding hydrogens is 278 g/mol. The summed E-state index contributed by atoms with van der Waals surface area (Å²) in [5.41, 5.74) is 1.81. The SMILES string of the molecule is Cc1ccc(NCc2cc(=O)n(C)c(=O)n2C)cc1Cl. The van der Waals surface area contributed by atoms with Gasteiger partial charge in [0.15, 0.2) is 0 Å². The smallest absolute Gasteiger partial charge is 0.330 e. The fourth-order valence-corrected chi connectivity index (χ4v) is 2.02. The second kappa shape index (κ2) is 5.54. The quantitative estimate of drug-likeness (QED) is 0.936. The fraction of sp³-hybridized carbons (Fsp3) is 0.286. The zero-order valence-electron chi connectivity index (χ0n) is 11.6. The van der Waals surface area contributed by atoms with E-state index in [1.165, 1.54) is 17.7 Å². The minimum Gasteiger partial charge on any atom is -0.379 e. The van der Waals surface area contributed by atoms with E-state index in [9.17, 15) is 9.59 Å². The van der Waals surface area contributed by atoms with Crippen LogP contribution in [0.1, 0.15) is 11.3 Å². The molecule has 1 aromatic heterocycles. The third-order valence-electron chi connectivity index (χ3n) is 3.27. The Morgan fingerprint density at radius 3 is 2.50 bits per heavy atom. The summed E-state index contributed by atoms with van der Waals surface area (Å²) in [6.07, 6.45) is 0. The van der Waals surface area contributed by atoms with Crippen LogP contribution in [0.15, 0.2) is 33.9 Å². The molecule has 0 aliphatic carbocycles. The number of aromatic nitrogens is 2. The Hall–Kier alpha value is -2.01. The van der Waals surface area contributed by atoms with E-state index in [4.69, 9.17) is 11.6 Å². The van der Waals surface area contributed by atoms with Crippen LogP contribution in [0.4, 0.5) is 5.69 Å². The molecule has 1 aromatic carbocycles. The Kier molecular flexibility index (Phi) is 3.99. The molecule has 0 bridgehead atoms. The Labute approximate surface area is 121 Å². The molecule has 0 atom stereocenters. The highest BCUT2D eigenvalue weighted by molar-refractivity contribution is 6.31. The van der Waals surface area contributed by atoms with Crippen LogP contribution in [0.5, 0.6) is 0 Å². The summed E-state index contributed by atoms with van der Waals surface area (Å²) in [7, 11) is 3.10. The molecule has 0 spiro atoms. The number of nitrogens with zero attached hydrogens (tertiary/aromatic N) is 2. The Balaban J connectivity index is 2.25. The Morgan fingerprint density at radius 2 is 1.85 bits per heavy atom. The van der Waals surface area contributed by atoms with Crippen LogP contribution in [-0.2, 0) is 20.6 Å². The number of benzene rings is 1. The molecule has 0 aliphatic rings. The molecule has 0 fully saturated rings. The average Bonchev–Trinajstić information content (AvgIpc) is 2.42. The van der Waals surface area contributed by atoms with Gasteiger partial charge in [-0.15, -0.1) is 0 Å². The molecule has 1 N–H and O–H groups in total. The lowest BCUT2D eigenvalue weighted by Gasteiger charge is -2.12. The van der Waals surface area contributed by atoms with Gasteiger partial charge in [-0.3, -0.25) is 13.9 Å². The normalized spacial score (nSPS) is 10.6. The molecule has 20 heavy (non-hydrogen) atoms. The van der Waals surface area contributed by atoms with Crippen molar-refractivity contribution in [3.8, 4) is 0 Å². The first-order valence-electron chi connectivity index (χ1n) is 6.16. The molecule has 0 unspecified atom stereocenters. The number of rotatable bonds is 3. The highest BCUT2D eigenvalue weighted by atomic mass is 35.5. The summed E-state index contributed by atoms with van der Waals surface area (Å²) in [6, 6.07) is 7.08. The first-order chi connectivity index (χ1) is 9.40. The number of halogens is 1. The average molecular weight is 294 g/mol. The van der Waals surface area contributed by atoms with Crippen molar-refractivity contribution in [3.05, 3.63) is 61.4 Å². The number of aryl methyl sites for hydroxylation is 1. The largest absolute Gasteiger partial charge is 0.379 e. The minimum atomic E-state index is -0.337. The maximum atomic E-state index is 11.8. The van der Waals surface area contributed by atoms with Crippen molar-refractivity contribution in [2.45, 2.75) is 13.5 Å². The van der Waals surface area contributed by atoms with E-state index in [0.29, 0.717) is 17.3 Å². The molecule has 0 amide bonds. The van der Waals surface area contributed by atoms with Gasteiger partial charge in [0.05, 0.1) is 6.54 Å². The highest BCUT2D eigenvalue weighted by Crippen LogP contribution is 2.20. The summed E-state index contributed by atoms with van der Waals surface area (Å²) in [5, 5.41) is 3.83. The van der Waals surface area contributed by atoms with Crippen molar-refractivity contribution in [2.24, 2.45) is 14.1 Å². The van der Waals surface area contributed by atoms with Crippen LogP contribution in [0.25, 0.3) is 0 Å². The van der Waals surface area contributed by atoms with E-state index < -0.39 is 0 Å². The number of hydrogen-bond acceptors (Lipinski definition) is 3. The molecule has 2 aromatic rings. The maximum Gasteiger partial charge on any atom is 0.330 e. The van der Waals surface area contributed by atoms with Crippen molar-refractivity contribution in [1.29, 1.82) is 0 Å². The standard InChI is InChI=1S/C14H16ClN3O2/c1-9-4-5-10(6-12(9)15)16-8-11-7-13(19)18(3)14(20)17(11)2/h4-7,16H,8H2,1-3H3. The highest BCUT2D eigenvalue weighted by Gasteiger charge is 2.06. The van der Waals surface area contributed by atoms with Crippen molar-refractivity contribution >= 4 is 17.3 Å². The van der Waals surface area contributed by atoms with Gasteiger partial charge < -0.3 is 5.32 Å². The number of nitrogens with one attached hydrogen (secondary N) is 1. The lowest BCUT2D eigenvalue weighted by Crippen LogP contribution is -2.38. The fourth-order valence-electron chi connectivity index (χ4n) is 1.84. The summed E-state index contributed by atoms with van der Waals surface area (Å²) in [4.78, 5) is 23.4. The number of hydrogen-bond donors (Lipinski definition) is 1. The zero-order valence-corrected chi connectivity index (χ0v) is 12.4. The summed E-state index contributed by atoms with van der Waals surface area (Å²) in [6.45, 7) is 2.30. The van der Waals surface area contributed by atoms with Crippen molar-refractivity contribution in [2.75, 3.05) is 5.32 Å². The van der Waals surface area contributed by atoms with Crippen LogP contribution in [-0.4, -0.2) is 9.13 Å². The lowest BCUT2D eigenvalue weighted by atomic mass is 10.2. The van der Waals surface area contributed by atoms with Gasteiger partial charge in [0.2, 0.25) is 0 Å². The predicted octanol–water partition coefficient (Wildman–Crippen LogP) is 1.66. The van der Waals surface area contributed by atoms with E-state index in [-0.39, 0.29) is 11.2 Å². The zero-order chi connectivity index (χ0) is 14.9. The van der Waals surface area contributed by atoms with Gasteiger partial charge in [0, 0.05) is 36.6 Å².